The van der Waals surface area contributed by atoms with Crippen LogP contribution < -0.4 is 4.74 Å². The number of rotatable bonds is 3. The van der Waals surface area contributed by atoms with Gasteiger partial charge in [0, 0.05) is 6.07 Å². The molecule has 2 atom stereocenters. The maximum absolute atomic E-state index is 15.7. The lowest BCUT2D eigenvalue weighted by molar-refractivity contribution is -0.386. The number of carboxylic acids is 1. The van der Waals surface area contributed by atoms with Crippen molar-refractivity contribution >= 4 is 28.4 Å². The summed E-state index contributed by atoms with van der Waals surface area (Å²) in [7, 11) is 0. The fraction of sp³-hybridized carbons (Fsp3) is 0.158. The molecule has 3 aromatic rings. The van der Waals surface area contributed by atoms with Crippen LogP contribution in [0.3, 0.4) is 0 Å². The van der Waals surface area contributed by atoms with E-state index in [2.05, 4.69) is 0 Å². The number of carbonyl (C=O) groups excluding carboxylic acids is 1. The average Bonchev–Trinajstić information content (AvgIpc) is 3.05. The number of aryl methyl sites for hydroxylation is 1. The van der Waals surface area contributed by atoms with Gasteiger partial charge in [-0.2, -0.15) is 0 Å². The maximum Gasteiger partial charge on any atom is 0.354 e. The standard InChI is InChI=1S/C19H12FNO7/c1-9-8-27-13-7-6-11-15(14(9)13)28-17(19(20,16(11)22)18(23)24)10-4-2-3-5-12(10)21(25)26/h2-8,17H,1H3,(H,23,24). The molecule has 8 nitrogen and oxygen atoms in total. The molecule has 0 aliphatic carbocycles. The van der Waals surface area contributed by atoms with Crippen molar-refractivity contribution in [3.05, 3.63) is 69.5 Å². The number of hydrogen-bond acceptors (Lipinski definition) is 6. The number of furan rings is 1. The van der Waals surface area contributed by atoms with Crippen LogP contribution in [0.5, 0.6) is 5.75 Å². The number of alkyl halides is 1. The third kappa shape index (κ3) is 2.22. The molecule has 1 N–H and O–H groups in total. The summed E-state index contributed by atoms with van der Waals surface area (Å²) in [6.07, 6.45) is -0.640. The van der Waals surface area contributed by atoms with Crippen LogP contribution in [0.2, 0.25) is 0 Å². The predicted molar refractivity (Wildman–Crippen MR) is 93.2 cm³/mol. The Bertz CT molecular complexity index is 1170. The van der Waals surface area contributed by atoms with Crippen LogP contribution in [-0.2, 0) is 4.79 Å². The molecule has 0 saturated carbocycles. The Kier molecular flexibility index (Phi) is 3.71. The first-order valence-corrected chi connectivity index (χ1v) is 8.14. The van der Waals surface area contributed by atoms with Crippen LogP contribution >= 0.6 is 0 Å². The fourth-order valence-electron chi connectivity index (χ4n) is 3.42. The van der Waals surface area contributed by atoms with Crippen molar-refractivity contribution < 1.29 is 33.2 Å². The fourth-order valence-corrected chi connectivity index (χ4v) is 3.42. The minimum absolute atomic E-state index is 0.0635. The summed E-state index contributed by atoms with van der Waals surface area (Å²) in [6.45, 7) is 1.68. The zero-order valence-electron chi connectivity index (χ0n) is 14.3. The molecule has 0 bridgehead atoms. The summed E-state index contributed by atoms with van der Waals surface area (Å²) < 4.78 is 26.7. The van der Waals surface area contributed by atoms with Crippen molar-refractivity contribution in [3.8, 4) is 5.75 Å². The van der Waals surface area contributed by atoms with Crippen molar-refractivity contribution in [2.45, 2.75) is 18.7 Å². The van der Waals surface area contributed by atoms with Gasteiger partial charge in [0.15, 0.2) is 6.10 Å². The topological polar surface area (TPSA) is 120 Å². The Balaban J connectivity index is 2.03. The first kappa shape index (κ1) is 17.7. The molecular formula is C19H12FNO7. The lowest BCUT2D eigenvalue weighted by atomic mass is 9.82. The van der Waals surface area contributed by atoms with Gasteiger partial charge in [-0.05, 0) is 30.7 Å². The molecular weight excluding hydrogens is 373 g/mol. The van der Waals surface area contributed by atoms with Crippen molar-refractivity contribution in [1.82, 2.24) is 0 Å². The largest absolute Gasteiger partial charge is 0.479 e. The van der Waals surface area contributed by atoms with Crippen molar-refractivity contribution in [2.75, 3.05) is 0 Å². The second-order valence-electron chi connectivity index (χ2n) is 6.39. The molecule has 142 valence electrons. The molecule has 2 aromatic carbocycles. The molecule has 1 aromatic heterocycles. The molecule has 1 aliphatic rings. The molecule has 4 rings (SSSR count). The molecule has 2 heterocycles. The Morgan fingerprint density at radius 1 is 1.29 bits per heavy atom. The minimum Gasteiger partial charge on any atom is -0.479 e. The van der Waals surface area contributed by atoms with Crippen molar-refractivity contribution in [3.63, 3.8) is 0 Å². The number of benzene rings is 2. The number of carbonyl (C=O) groups is 2. The highest BCUT2D eigenvalue weighted by molar-refractivity contribution is 6.19. The van der Waals surface area contributed by atoms with Crippen LogP contribution in [0, 0.1) is 17.0 Å². The van der Waals surface area contributed by atoms with Gasteiger partial charge in [0.05, 0.1) is 27.7 Å². The van der Waals surface area contributed by atoms with Crippen molar-refractivity contribution in [1.29, 1.82) is 0 Å². The normalized spacial score (nSPS) is 21.2. The Hall–Kier alpha value is -3.75. The summed E-state index contributed by atoms with van der Waals surface area (Å²) in [5, 5.41) is 21.3. The van der Waals surface area contributed by atoms with Gasteiger partial charge in [-0.25, -0.2) is 9.18 Å². The predicted octanol–water partition coefficient (Wildman–Crippen LogP) is 3.76. The molecule has 0 fully saturated rings. The number of ketones is 1. The number of hydrogen-bond donors (Lipinski definition) is 1. The van der Waals surface area contributed by atoms with Crippen LogP contribution in [-0.4, -0.2) is 27.5 Å². The molecule has 1 aliphatic heterocycles. The number of nitrogens with zero attached hydrogens (tertiary/aromatic N) is 1. The van der Waals surface area contributed by atoms with Gasteiger partial charge in [-0.15, -0.1) is 0 Å². The number of ether oxygens (including phenoxy) is 1. The van der Waals surface area contributed by atoms with E-state index < -0.39 is 34.1 Å². The van der Waals surface area contributed by atoms with E-state index in [1.807, 2.05) is 0 Å². The Morgan fingerprint density at radius 2 is 2.00 bits per heavy atom. The van der Waals surface area contributed by atoms with E-state index in [1.165, 1.54) is 36.6 Å². The third-order valence-corrected chi connectivity index (χ3v) is 4.78. The molecule has 9 heteroatoms. The first-order chi connectivity index (χ1) is 13.3. The first-order valence-electron chi connectivity index (χ1n) is 8.14. The van der Waals surface area contributed by atoms with Gasteiger partial charge in [-0.1, -0.05) is 12.1 Å². The van der Waals surface area contributed by atoms with E-state index >= 15 is 4.39 Å². The minimum atomic E-state index is -3.54. The van der Waals surface area contributed by atoms with E-state index in [4.69, 9.17) is 9.15 Å². The molecule has 0 spiro atoms. The van der Waals surface area contributed by atoms with E-state index in [1.54, 1.807) is 6.92 Å². The Labute approximate surface area is 156 Å². The van der Waals surface area contributed by atoms with E-state index in [0.29, 0.717) is 16.5 Å². The summed E-state index contributed by atoms with van der Waals surface area (Å²) in [6, 6.07) is 7.61. The number of halogens is 1. The third-order valence-electron chi connectivity index (χ3n) is 4.78. The highest BCUT2D eigenvalue weighted by atomic mass is 19.1. The summed E-state index contributed by atoms with van der Waals surface area (Å²) in [4.78, 5) is 35.3. The summed E-state index contributed by atoms with van der Waals surface area (Å²) in [5.41, 5.74) is -3.77. The number of nitro benzene ring substituents is 1. The zero-order valence-corrected chi connectivity index (χ0v) is 14.3. The van der Waals surface area contributed by atoms with Gasteiger partial charge >= 0.3 is 11.6 Å². The Morgan fingerprint density at radius 3 is 2.68 bits per heavy atom. The number of aliphatic carboxylic acids is 1. The zero-order chi connectivity index (χ0) is 20.2. The van der Waals surface area contributed by atoms with Crippen molar-refractivity contribution in [2.24, 2.45) is 0 Å². The number of para-hydroxylation sites is 1. The quantitative estimate of drug-likeness (QED) is 0.414. The second-order valence-corrected chi connectivity index (χ2v) is 6.39. The second kappa shape index (κ2) is 5.88. The van der Waals surface area contributed by atoms with Crippen LogP contribution in [0.1, 0.15) is 27.6 Å². The lowest BCUT2D eigenvalue weighted by Gasteiger charge is -2.34. The van der Waals surface area contributed by atoms with Crippen LogP contribution in [0.25, 0.3) is 11.0 Å². The average molecular weight is 385 g/mol. The summed E-state index contributed by atoms with van der Waals surface area (Å²) in [5.74, 6) is -3.49. The van der Waals surface area contributed by atoms with Gasteiger partial charge in [0.2, 0.25) is 5.78 Å². The summed E-state index contributed by atoms with van der Waals surface area (Å²) >= 11 is 0. The molecule has 28 heavy (non-hydrogen) atoms. The van der Waals surface area contributed by atoms with Crippen LogP contribution in [0.4, 0.5) is 10.1 Å². The lowest BCUT2D eigenvalue weighted by Crippen LogP contribution is -2.52. The smallest absolute Gasteiger partial charge is 0.354 e. The molecule has 0 radical (unpaired) electrons. The van der Waals surface area contributed by atoms with E-state index in [0.717, 1.165) is 6.07 Å². The monoisotopic (exact) mass is 385 g/mol. The van der Waals surface area contributed by atoms with Gasteiger partial charge in [0.1, 0.15) is 11.3 Å². The van der Waals surface area contributed by atoms with E-state index in [9.17, 15) is 24.8 Å². The van der Waals surface area contributed by atoms with Gasteiger partial charge in [0.25, 0.3) is 5.69 Å². The van der Waals surface area contributed by atoms with Gasteiger partial charge < -0.3 is 14.3 Å². The van der Waals surface area contributed by atoms with Crippen LogP contribution in [0.15, 0.2) is 47.1 Å². The van der Waals surface area contributed by atoms with E-state index in [-0.39, 0.29) is 16.9 Å². The maximum atomic E-state index is 15.7. The molecule has 2 unspecified atom stereocenters. The number of Topliss-reactive ketones (excluding diaryl/α,β-unsaturated/α-hetero) is 1. The molecule has 0 saturated heterocycles. The molecule has 0 amide bonds. The SMILES string of the molecule is Cc1coc2ccc3c(c12)OC(c1ccccc1[N+](=O)[O-])C(F)(C(=O)O)C3=O. The number of fused-ring (bicyclic) bond motifs is 3. The number of carboxylic acid groups (broad SMARTS) is 1. The van der Waals surface area contributed by atoms with Gasteiger partial charge in [-0.3, -0.25) is 14.9 Å². The number of nitro groups is 1. The highest BCUT2D eigenvalue weighted by Gasteiger charge is 2.61. The highest BCUT2D eigenvalue weighted by Crippen LogP contribution is 2.49.